The minimum Gasteiger partial charge on any atom is -0.297 e. The van der Waals surface area contributed by atoms with Crippen molar-refractivity contribution in [1.29, 1.82) is 0 Å². The number of rotatable bonds is 2. The van der Waals surface area contributed by atoms with Crippen LogP contribution in [-0.2, 0) is 4.79 Å². The lowest BCUT2D eigenvalue weighted by atomic mass is 9.66. The first-order valence-electron chi connectivity index (χ1n) is 5.48. The van der Waals surface area contributed by atoms with Crippen molar-refractivity contribution in [1.82, 2.24) is 4.90 Å². The van der Waals surface area contributed by atoms with E-state index in [-0.39, 0.29) is 11.5 Å². The molecule has 13 heavy (non-hydrogen) atoms. The third kappa shape index (κ3) is 1.23. The fraction of sp³-hybridized carbons (Fsp3) is 0.909. The Hall–Kier alpha value is -0.370. The number of hydrogen-bond acceptors (Lipinski definition) is 2. The average Bonchev–Trinajstić information content (AvgIpc) is 2.15. The number of ketones is 1. The molecule has 1 atom stereocenters. The van der Waals surface area contributed by atoms with Gasteiger partial charge in [0.25, 0.3) is 0 Å². The summed E-state index contributed by atoms with van der Waals surface area (Å²) in [5.41, 5.74) is 0.0862. The Morgan fingerprint density at radius 3 is 2.62 bits per heavy atom. The third-order valence-electron chi connectivity index (χ3n) is 3.93. The molecule has 0 aliphatic carbocycles. The molecule has 0 aromatic carbocycles. The van der Waals surface area contributed by atoms with Crippen molar-refractivity contribution in [2.75, 3.05) is 13.1 Å². The standard InChI is InChI=1S/C11H19NO/c1-3-4-11-5-7-12(8-6-11)9(2)10(11)13/h9H,3-8H2,1-2H3. The second-order valence-corrected chi connectivity index (χ2v) is 4.61. The second kappa shape index (κ2) is 3.09. The van der Waals surface area contributed by atoms with E-state index in [1.807, 2.05) is 0 Å². The molecule has 0 radical (unpaired) electrons. The third-order valence-corrected chi connectivity index (χ3v) is 3.93. The topological polar surface area (TPSA) is 20.3 Å². The molecule has 0 spiro atoms. The molecule has 2 nitrogen and oxygen atoms in total. The molecule has 0 saturated carbocycles. The molecular weight excluding hydrogens is 162 g/mol. The van der Waals surface area contributed by atoms with Gasteiger partial charge in [0.2, 0.25) is 0 Å². The van der Waals surface area contributed by atoms with Gasteiger partial charge in [0, 0.05) is 5.41 Å². The minimum absolute atomic E-state index is 0.0862. The molecule has 3 aliphatic rings. The Bertz CT molecular complexity index is 211. The van der Waals surface area contributed by atoms with Crippen LogP contribution in [0.4, 0.5) is 0 Å². The number of piperidine rings is 3. The summed E-state index contributed by atoms with van der Waals surface area (Å²) in [6.07, 6.45) is 4.50. The average molecular weight is 181 g/mol. The van der Waals surface area contributed by atoms with Crippen molar-refractivity contribution in [2.24, 2.45) is 5.41 Å². The summed E-state index contributed by atoms with van der Waals surface area (Å²) in [4.78, 5) is 14.4. The predicted octanol–water partition coefficient (Wildman–Crippen LogP) is 1.84. The van der Waals surface area contributed by atoms with Crippen LogP contribution in [0.2, 0.25) is 0 Å². The monoisotopic (exact) mass is 181 g/mol. The van der Waals surface area contributed by atoms with Gasteiger partial charge in [-0.15, -0.1) is 0 Å². The maximum atomic E-state index is 12.1. The van der Waals surface area contributed by atoms with Crippen LogP contribution in [0.25, 0.3) is 0 Å². The Morgan fingerprint density at radius 1 is 1.46 bits per heavy atom. The van der Waals surface area contributed by atoms with Gasteiger partial charge in [0.15, 0.2) is 5.78 Å². The van der Waals surface area contributed by atoms with Gasteiger partial charge in [0.05, 0.1) is 6.04 Å². The van der Waals surface area contributed by atoms with Crippen LogP contribution < -0.4 is 0 Å². The number of hydrogen-bond donors (Lipinski definition) is 0. The summed E-state index contributed by atoms with van der Waals surface area (Å²) < 4.78 is 0. The maximum Gasteiger partial charge on any atom is 0.155 e. The number of carbonyl (C=O) groups excluding carboxylic acids is 1. The van der Waals surface area contributed by atoms with Crippen molar-refractivity contribution >= 4 is 5.78 Å². The summed E-state index contributed by atoms with van der Waals surface area (Å²) in [5.74, 6) is 0.520. The molecule has 0 aromatic rings. The van der Waals surface area contributed by atoms with E-state index in [0.717, 1.165) is 38.8 Å². The van der Waals surface area contributed by atoms with E-state index in [4.69, 9.17) is 0 Å². The van der Waals surface area contributed by atoms with E-state index in [2.05, 4.69) is 18.7 Å². The van der Waals surface area contributed by atoms with Crippen LogP contribution in [0.15, 0.2) is 0 Å². The van der Waals surface area contributed by atoms with Crippen molar-refractivity contribution in [2.45, 2.75) is 45.6 Å². The Morgan fingerprint density at radius 2 is 2.08 bits per heavy atom. The summed E-state index contributed by atoms with van der Waals surface area (Å²) in [6.45, 7) is 6.55. The quantitative estimate of drug-likeness (QED) is 0.648. The molecule has 1 unspecified atom stereocenters. The Balaban J connectivity index is 2.21. The zero-order valence-electron chi connectivity index (χ0n) is 8.68. The van der Waals surface area contributed by atoms with E-state index < -0.39 is 0 Å². The van der Waals surface area contributed by atoms with Crippen LogP contribution in [0.3, 0.4) is 0 Å². The highest BCUT2D eigenvalue weighted by molar-refractivity contribution is 5.90. The maximum absolute atomic E-state index is 12.1. The Labute approximate surface area is 80.3 Å². The molecule has 3 saturated heterocycles. The summed E-state index contributed by atoms with van der Waals surface area (Å²) in [5, 5.41) is 0. The van der Waals surface area contributed by atoms with E-state index in [9.17, 15) is 4.79 Å². The Kier molecular flexibility index (Phi) is 2.18. The summed E-state index contributed by atoms with van der Waals surface area (Å²) in [7, 11) is 0. The number of nitrogens with zero attached hydrogens (tertiary/aromatic N) is 1. The number of carbonyl (C=O) groups is 1. The van der Waals surface area contributed by atoms with Crippen molar-refractivity contribution in [3.05, 3.63) is 0 Å². The SMILES string of the molecule is CCCC12CCN(CC1)C(C)C2=O. The normalized spacial score (nSPS) is 44.0. The molecule has 0 N–H and O–H groups in total. The molecular formula is C11H19NO. The van der Waals surface area contributed by atoms with Gasteiger partial charge in [-0.1, -0.05) is 13.3 Å². The molecule has 2 bridgehead atoms. The van der Waals surface area contributed by atoms with Crippen LogP contribution in [0, 0.1) is 5.41 Å². The predicted molar refractivity (Wildman–Crippen MR) is 52.6 cm³/mol. The number of fused-ring (bicyclic) bond motifs is 3. The van der Waals surface area contributed by atoms with Gasteiger partial charge in [-0.3, -0.25) is 9.69 Å². The molecule has 0 amide bonds. The summed E-state index contributed by atoms with van der Waals surface area (Å²) >= 11 is 0. The highest BCUT2D eigenvalue weighted by Gasteiger charge is 2.49. The fourth-order valence-corrected chi connectivity index (χ4v) is 3.05. The largest absolute Gasteiger partial charge is 0.297 e. The minimum atomic E-state index is 0.0862. The van der Waals surface area contributed by atoms with Gasteiger partial charge in [0.1, 0.15) is 0 Å². The second-order valence-electron chi connectivity index (χ2n) is 4.61. The van der Waals surface area contributed by atoms with Crippen LogP contribution in [-0.4, -0.2) is 29.8 Å². The van der Waals surface area contributed by atoms with Gasteiger partial charge < -0.3 is 0 Å². The van der Waals surface area contributed by atoms with Gasteiger partial charge in [-0.05, 0) is 39.3 Å². The zero-order valence-corrected chi connectivity index (χ0v) is 8.68. The van der Waals surface area contributed by atoms with Gasteiger partial charge in [-0.2, -0.15) is 0 Å². The van der Waals surface area contributed by atoms with E-state index in [1.165, 1.54) is 0 Å². The summed E-state index contributed by atoms with van der Waals surface area (Å²) in [6, 6.07) is 0.203. The van der Waals surface area contributed by atoms with Crippen LogP contribution in [0.5, 0.6) is 0 Å². The van der Waals surface area contributed by atoms with Crippen molar-refractivity contribution < 1.29 is 4.79 Å². The van der Waals surface area contributed by atoms with E-state index in [1.54, 1.807) is 0 Å². The van der Waals surface area contributed by atoms with Crippen LogP contribution >= 0.6 is 0 Å². The molecule has 3 heterocycles. The molecule has 74 valence electrons. The van der Waals surface area contributed by atoms with Crippen LogP contribution in [0.1, 0.15) is 39.5 Å². The first kappa shape index (κ1) is 9.20. The van der Waals surface area contributed by atoms with E-state index in [0.29, 0.717) is 5.78 Å². The van der Waals surface area contributed by atoms with Gasteiger partial charge >= 0.3 is 0 Å². The lowest BCUT2D eigenvalue weighted by Gasteiger charge is -2.50. The zero-order chi connectivity index (χ0) is 9.47. The van der Waals surface area contributed by atoms with Crippen molar-refractivity contribution in [3.8, 4) is 0 Å². The lowest BCUT2D eigenvalue weighted by Crippen LogP contribution is -2.59. The molecule has 3 rings (SSSR count). The molecule has 3 aliphatic heterocycles. The number of Topliss-reactive ketones (excluding diaryl/α,β-unsaturated/α-hetero) is 1. The first-order chi connectivity index (χ1) is 6.19. The fourth-order valence-electron chi connectivity index (χ4n) is 3.05. The van der Waals surface area contributed by atoms with Gasteiger partial charge in [-0.25, -0.2) is 0 Å². The molecule has 3 fully saturated rings. The highest BCUT2D eigenvalue weighted by Crippen LogP contribution is 2.43. The smallest absolute Gasteiger partial charge is 0.155 e. The van der Waals surface area contributed by atoms with Crippen molar-refractivity contribution in [3.63, 3.8) is 0 Å². The first-order valence-corrected chi connectivity index (χ1v) is 5.48. The lowest BCUT2D eigenvalue weighted by molar-refractivity contribution is -0.147. The molecule has 0 aromatic heterocycles. The highest BCUT2D eigenvalue weighted by atomic mass is 16.1. The molecule has 2 heteroatoms. The van der Waals surface area contributed by atoms with E-state index >= 15 is 0 Å².